The van der Waals surface area contributed by atoms with Crippen LogP contribution >= 0.6 is 0 Å². The molecule has 104 valence electrons. The van der Waals surface area contributed by atoms with Gasteiger partial charge in [-0.15, -0.1) is 0 Å². The van der Waals surface area contributed by atoms with E-state index in [2.05, 4.69) is 11.9 Å². The first kappa shape index (κ1) is 13.1. The maximum atomic E-state index is 13.5. The zero-order valence-corrected chi connectivity index (χ0v) is 11.5. The van der Waals surface area contributed by atoms with Gasteiger partial charge in [-0.1, -0.05) is 24.6 Å². The summed E-state index contributed by atoms with van der Waals surface area (Å²) in [5, 5.41) is 0. The van der Waals surface area contributed by atoms with Crippen molar-refractivity contribution in [2.24, 2.45) is 0 Å². The average Bonchev–Trinajstić information content (AvgIpc) is 2.38. The topological polar surface area (TPSA) is 12.5 Å². The molecule has 2 nitrogen and oxygen atoms in total. The van der Waals surface area contributed by atoms with Gasteiger partial charge in [0.1, 0.15) is 5.82 Å². The number of benzene rings is 1. The Morgan fingerprint density at radius 2 is 1.89 bits per heavy atom. The van der Waals surface area contributed by atoms with Crippen molar-refractivity contribution in [3.8, 4) is 0 Å². The summed E-state index contributed by atoms with van der Waals surface area (Å²) in [5.74, 6) is -0.157. The van der Waals surface area contributed by atoms with Crippen LogP contribution in [0.1, 0.15) is 37.7 Å². The van der Waals surface area contributed by atoms with Gasteiger partial charge < -0.3 is 9.64 Å². The normalized spacial score (nSPS) is 31.4. The van der Waals surface area contributed by atoms with E-state index in [1.54, 1.807) is 6.07 Å². The molecule has 0 amide bonds. The molecule has 2 bridgehead atoms. The SMILES string of the molecule is CN1C2CCCC1CC(OCc1ccccc1F)C2. The summed E-state index contributed by atoms with van der Waals surface area (Å²) < 4.78 is 19.5. The van der Waals surface area contributed by atoms with Gasteiger partial charge in [-0.05, 0) is 38.8 Å². The molecule has 1 aromatic carbocycles. The molecule has 1 aromatic rings. The number of rotatable bonds is 3. The largest absolute Gasteiger partial charge is 0.373 e. The highest BCUT2D eigenvalue weighted by molar-refractivity contribution is 5.16. The van der Waals surface area contributed by atoms with Crippen LogP contribution in [0.5, 0.6) is 0 Å². The van der Waals surface area contributed by atoms with Crippen molar-refractivity contribution in [2.45, 2.75) is 56.9 Å². The van der Waals surface area contributed by atoms with Crippen molar-refractivity contribution in [3.05, 3.63) is 35.6 Å². The van der Waals surface area contributed by atoms with Crippen LogP contribution in [0.4, 0.5) is 4.39 Å². The van der Waals surface area contributed by atoms with Crippen molar-refractivity contribution in [2.75, 3.05) is 7.05 Å². The fourth-order valence-corrected chi connectivity index (χ4v) is 3.53. The van der Waals surface area contributed by atoms with Gasteiger partial charge in [-0.3, -0.25) is 0 Å². The fraction of sp³-hybridized carbons (Fsp3) is 0.625. The molecule has 2 atom stereocenters. The van der Waals surface area contributed by atoms with Crippen molar-refractivity contribution in [1.82, 2.24) is 4.90 Å². The Labute approximate surface area is 114 Å². The Balaban J connectivity index is 1.58. The van der Waals surface area contributed by atoms with Gasteiger partial charge in [0.25, 0.3) is 0 Å². The highest BCUT2D eigenvalue weighted by Gasteiger charge is 2.36. The number of piperidine rings is 2. The summed E-state index contributed by atoms with van der Waals surface area (Å²) in [5.41, 5.74) is 0.673. The first-order chi connectivity index (χ1) is 9.24. The van der Waals surface area contributed by atoms with E-state index >= 15 is 0 Å². The molecule has 0 N–H and O–H groups in total. The smallest absolute Gasteiger partial charge is 0.128 e. The van der Waals surface area contributed by atoms with Crippen molar-refractivity contribution < 1.29 is 9.13 Å². The molecular formula is C16H22FNO. The maximum absolute atomic E-state index is 13.5. The van der Waals surface area contributed by atoms with Crippen LogP contribution in [0.2, 0.25) is 0 Å². The third-order valence-electron chi connectivity index (χ3n) is 4.73. The lowest BCUT2D eigenvalue weighted by Crippen LogP contribution is -2.51. The van der Waals surface area contributed by atoms with Gasteiger partial charge in [0, 0.05) is 17.6 Å². The van der Waals surface area contributed by atoms with E-state index in [1.807, 2.05) is 12.1 Å². The molecular weight excluding hydrogens is 241 g/mol. The molecule has 0 aliphatic carbocycles. The van der Waals surface area contributed by atoms with E-state index in [9.17, 15) is 4.39 Å². The van der Waals surface area contributed by atoms with E-state index in [4.69, 9.17) is 4.74 Å². The molecule has 0 radical (unpaired) electrons. The average molecular weight is 263 g/mol. The number of nitrogens with zero attached hydrogens (tertiary/aromatic N) is 1. The predicted molar refractivity (Wildman–Crippen MR) is 73.4 cm³/mol. The highest BCUT2D eigenvalue weighted by Crippen LogP contribution is 2.34. The minimum atomic E-state index is -0.157. The molecule has 2 saturated heterocycles. The summed E-state index contributed by atoms with van der Waals surface area (Å²) in [6.07, 6.45) is 6.41. The zero-order valence-electron chi connectivity index (χ0n) is 11.5. The van der Waals surface area contributed by atoms with E-state index in [-0.39, 0.29) is 5.82 Å². The number of ether oxygens (including phenoxy) is 1. The fourth-order valence-electron chi connectivity index (χ4n) is 3.53. The summed E-state index contributed by atoms with van der Waals surface area (Å²) in [7, 11) is 2.24. The number of hydrogen-bond acceptors (Lipinski definition) is 2. The number of halogens is 1. The van der Waals surface area contributed by atoms with Crippen molar-refractivity contribution >= 4 is 0 Å². The van der Waals surface area contributed by atoms with Gasteiger partial charge >= 0.3 is 0 Å². The van der Waals surface area contributed by atoms with Crippen LogP contribution in [0.25, 0.3) is 0 Å². The second-order valence-corrected chi connectivity index (χ2v) is 5.90. The predicted octanol–water partition coefficient (Wildman–Crippen LogP) is 3.36. The van der Waals surface area contributed by atoms with Gasteiger partial charge in [0.05, 0.1) is 12.7 Å². The molecule has 0 aromatic heterocycles. The van der Waals surface area contributed by atoms with Crippen LogP contribution < -0.4 is 0 Å². The standard InChI is InChI=1S/C16H22FNO/c1-18-13-6-4-7-14(18)10-15(9-13)19-11-12-5-2-3-8-16(12)17/h2-3,5,8,13-15H,4,6-7,9-11H2,1H3. The quantitative estimate of drug-likeness (QED) is 0.829. The zero-order chi connectivity index (χ0) is 13.2. The molecule has 2 fully saturated rings. The Morgan fingerprint density at radius 1 is 1.21 bits per heavy atom. The lowest BCUT2D eigenvalue weighted by atomic mass is 9.83. The highest BCUT2D eigenvalue weighted by atomic mass is 19.1. The molecule has 0 spiro atoms. The molecule has 0 saturated carbocycles. The van der Waals surface area contributed by atoms with E-state index in [0.29, 0.717) is 30.4 Å². The molecule has 2 aliphatic heterocycles. The van der Waals surface area contributed by atoms with E-state index in [0.717, 1.165) is 12.8 Å². The Morgan fingerprint density at radius 3 is 2.58 bits per heavy atom. The van der Waals surface area contributed by atoms with Crippen LogP contribution in [0.15, 0.2) is 24.3 Å². The maximum Gasteiger partial charge on any atom is 0.128 e. The Kier molecular flexibility index (Phi) is 3.85. The first-order valence-electron chi connectivity index (χ1n) is 7.31. The van der Waals surface area contributed by atoms with Crippen molar-refractivity contribution in [1.29, 1.82) is 0 Å². The molecule has 3 heteroatoms. The number of fused-ring (bicyclic) bond motifs is 2. The number of hydrogen-bond donors (Lipinski definition) is 0. The summed E-state index contributed by atoms with van der Waals surface area (Å²) in [6, 6.07) is 8.23. The minimum absolute atomic E-state index is 0.157. The Bertz CT molecular complexity index is 423. The van der Waals surface area contributed by atoms with Gasteiger partial charge in [-0.25, -0.2) is 4.39 Å². The van der Waals surface area contributed by atoms with Crippen LogP contribution in [0.3, 0.4) is 0 Å². The molecule has 19 heavy (non-hydrogen) atoms. The van der Waals surface area contributed by atoms with E-state index < -0.39 is 0 Å². The van der Waals surface area contributed by atoms with Gasteiger partial charge in [0.2, 0.25) is 0 Å². The first-order valence-corrected chi connectivity index (χ1v) is 7.31. The third-order valence-corrected chi connectivity index (χ3v) is 4.73. The molecule has 2 heterocycles. The van der Waals surface area contributed by atoms with Crippen LogP contribution in [-0.2, 0) is 11.3 Å². The van der Waals surface area contributed by atoms with Crippen LogP contribution in [-0.4, -0.2) is 30.1 Å². The molecule has 2 aliphatic rings. The second kappa shape index (κ2) is 5.59. The monoisotopic (exact) mass is 263 g/mol. The lowest BCUT2D eigenvalue weighted by Gasteiger charge is -2.46. The summed E-state index contributed by atoms with van der Waals surface area (Å²) in [6.45, 7) is 0.403. The molecule has 2 unspecified atom stereocenters. The van der Waals surface area contributed by atoms with Crippen LogP contribution in [0, 0.1) is 5.82 Å². The van der Waals surface area contributed by atoms with Gasteiger partial charge in [-0.2, -0.15) is 0 Å². The summed E-state index contributed by atoms with van der Waals surface area (Å²) in [4.78, 5) is 2.52. The summed E-state index contributed by atoms with van der Waals surface area (Å²) >= 11 is 0. The minimum Gasteiger partial charge on any atom is -0.373 e. The lowest BCUT2D eigenvalue weighted by molar-refractivity contribution is -0.0570. The van der Waals surface area contributed by atoms with E-state index in [1.165, 1.54) is 25.3 Å². The third kappa shape index (κ3) is 2.82. The van der Waals surface area contributed by atoms with Gasteiger partial charge in [0.15, 0.2) is 0 Å². The van der Waals surface area contributed by atoms with Crippen molar-refractivity contribution in [3.63, 3.8) is 0 Å². The molecule has 3 rings (SSSR count). The Hall–Kier alpha value is -0.930. The second-order valence-electron chi connectivity index (χ2n) is 5.90.